The maximum absolute atomic E-state index is 12.7. The Hall–Kier alpha value is -2.67. The van der Waals surface area contributed by atoms with Gasteiger partial charge >= 0.3 is 0 Å². The van der Waals surface area contributed by atoms with Gasteiger partial charge in [-0.3, -0.25) is 4.79 Å². The lowest BCUT2D eigenvalue weighted by molar-refractivity contribution is -0.119. The van der Waals surface area contributed by atoms with Crippen LogP contribution >= 0.6 is 0 Å². The van der Waals surface area contributed by atoms with Gasteiger partial charge in [-0.2, -0.15) is 0 Å². The number of anilines is 1. The van der Waals surface area contributed by atoms with Crippen LogP contribution < -0.4 is 5.32 Å². The predicted molar refractivity (Wildman–Crippen MR) is 110 cm³/mol. The summed E-state index contributed by atoms with van der Waals surface area (Å²) in [6, 6.07) is 8.27. The van der Waals surface area contributed by atoms with E-state index in [0.717, 1.165) is 48.9 Å². The highest BCUT2D eigenvalue weighted by atomic mass is 16.1. The Morgan fingerprint density at radius 3 is 2.82 bits per heavy atom. The van der Waals surface area contributed by atoms with Crippen LogP contribution in [-0.4, -0.2) is 49.8 Å². The molecule has 1 atom stereocenters. The molecule has 0 fully saturated rings. The molecule has 1 aromatic carbocycles. The summed E-state index contributed by atoms with van der Waals surface area (Å²) >= 11 is 0. The summed E-state index contributed by atoms with van der Waals surface area (Å²) in [4.78, 5) is 15.1. The monoisotopic (exact) mass is 380 g/mol. The predicted octanol–water partition coefficient (Wildman–Crippen LogP) is 2.69. The number of hydrogen-bond donors (Lipinski definition) is 1. The van der Waals surface area contributed by atoms with E-state index >= 15 is 0 Å². The molecule has 0 saturated heterocycles. The van der Waals surface area contributed by atoms with Gasteiger partial charge in [0.1, 0.15) is 11.6 Å². The van der Waals surface area contributed by atoms with Gasteiger partial charge in [-0.1, -0.05) is 13.8 Å². The summed E-state index contributed by atoms with van der Waals surface area (Å²) in [5.41, 5.74) is 2.05. The van der Waals surface area contributed by atoms with Crippen LogP contribution in [-0.2, 0) is 24.3 Å². The fourth-order valence-corrected chi connectivity index (χ4v) is 4.00. The van der Waals surface area contributed by atoms with Crippen LogP contribution in [0.5, 0.6) is 0 Å². The van der Waals surface area contributed by atoms with Crippen LogP contribution in [0.4, 0.5) is 5.69 Å². The first-order chi connectivity index (χ1) is 13.6. The zero-order chi connectivity index (χ0) is 19.7. The molecule has 1 aliphatic rings. The van der Waals surface area contributed by atoms with Crippen molar-refractivity contribution in [3.63, 3.8) is 0 Å². The molecule has 3 aromatic rings. The van der Waals surface area contributed by atoms with Gasteiger partial charge in [0.15, 0.2) is 0 Å². The highest BCUT2D eigenvalue weighted by Gasteiger charge is 2.30. The van der Waals surface area contributed by atoms with Crippen LogP contribution in [0.15, 0.2) is 30.5 Å². The van der Waals surface area contributed by atoms with Gasteiger partial charge in [0.25, 0.3) is 0 Å². The third kappa shape index (κ3) is 3.54. The molecule has 3 heterocycles. The number of carbonyl (C=O) groups is 1. The number of carbonyl (C=O) groups excluding carboxylic acids is 1. The number of benzene rings is 1. The van der Waals surface area contributed by atoms with E-state index in [2.05, 4.69) is 63.2 Å². The lowest BCUT2D eigenvalue weighted by atomic mass is 10.1. The number of rotatable bonds is 7. The van der Waals surface area contributed by atoms with Gasteiger partial charge in [-0.25, -0.2) is 0 Å². The first kappa shape index (κ1) is 18.7. The summed E-state index contributed by atoms with van der Waals surface area (Å²) in [6.07, 6.45) is 2.78. The van der Waals surface area contributed by atoms with E-state index < -0.39 is 0 Å². The van der Waals surface area contributed by atoms with Crippen LogP contribution in [0.2, 0.25) is 0 Å². The Kier molecular flexibility index (Phi) is 5.17. The van der Waals surface area contributed by atoms with Gasteiger partial charge < -0.3 is 19.4 Å². The van der Waals surface area contributed by atoms with Gasteiger partial charge in [0.05, 0.1) is 5.92 Å². The van der Waals surface area contributed by atoms with Crippen molar-refractivity contribution < 1.29 is 4.79 Å². The molecule has 4 rings (SSSR count). The molecule has 0 radical (unpaired) electrons. The van der Waals surface area contributed by atoms with Crippen LogP contribution in [0.3, 0.4) is 0 Å². The molecule has 0 spiro atoms. The van der Waals surface area contributed by atoms with E-state index in [1.165, 1.54) is 5.52 Å². The second-order valence-corrected chi connectivity index (χ2v) is 7.47. The molecule has 0 aliphatic carbocycles. The normalized spacial score (nSPS) is 16.1. The molecule has 1 unspecified atom stereocenters. The topological polar surface area (TPSA) is 68.0 Å². The molecular formula is C21H28N6O. The molecule has 1 N–H and O–H groups in total. The standard InChI is InChI=1S/C21H28N6O/c1-4-25(5-2)10-11-26-9-8-16-12-18(6-7-19(16)26)22-21(28)17-13-20-24-23-15(3)27(20)14-17/h6-9,12,17H,4-5,10-11,13-14H2,1-3H3,(H,22,28). The van der Waals surface area contributed by atoms with Gasteiger partial charge in [0.2, 0.25) is 5.91 Å². The average molecular weight is 380 g/mol. The summed E-state index contributed by atoms with van der Waals surface area (Å²) in [5.74, 6) is 1.74. The Morgan fingerprint density at radius 2 is 2.07 bits per heavy atom. The molecule has 2 aromatic heterocycles. The lowest BCUT2D eigenvalue weighted by Gasteiger charge is -2.18. The Morgan fingerprint density at radius 1 is 1.25 bits per heavy atom. The number of likely N-dealkylation sites (N-methyl/N-ethyl adjacent to an activating group) is 1. The van der Waals surface area contributed by atoms with Crippen LogP contribution in [0.1, 0.15) is 25.5 Å². The zero-order valence-corrected chi connectivity index (χ0v) is 16.9. The van der Waals surface area contributed by atoms with E-state index in [0.29, 0.717) is 13.0 Å². The molecule has 148 valence electrons. The smallest absolute Gasteiger partial charge is 0.229 e. The molecular weight excluding hydrogens is 352 g/mol. The minimum Gasteiger partial charge on any atom is -0.346 e. The minimum absolute atomic E-state index is 0.0465. The first-order valence-electron chi connectivity index (χ1n) is 10.1. The van der Waals surface area contributed by atoms with Gasteiger partial charge in [0, 0.05) is 48.8 Å². The summed E-state index contributed by atoms with van der Waals surface area (Å²) < 4.78 is 4.31. The van der Waals surface area contributed by atoms with E-state index in [-0.39, 0.29) is 11.8 Å². The SMILES string of the molecule is CCN(CC)CCn1ccc2cc(NC(=O)C3Cc4nnc(C)n4C3)ccc21. The van der Waals surface area contributed by atoms with Crippen molar-refractivity contribution in [3.05, 3.63) is 42.1 Å². The molecule has 7 nitrogen and oxygen atoms in total. The van der Waals surface area contributed by atoms with E-state index in [1.807, 2.05) is 17.6 Å². The largest absolute Gasteiger partial charge is 0.346 e. The first-order valence-corrected chi connectivity index (χ1v) is 10.1. The maximum Gasteiger partial charge on any atom is 0.229 e. The van der Waals surface area contributed by atoms with Crippen LogP contribution in [0, 0.1) is 12.8 Å². The second kappa shape index (κ2) is 7.75. The lowest BCUT2D eigenvalue weighted by Crippen LogP contribution is -2.26. The number of aromatic nitrogens is 4. The quantitative estimate of drug-likeness (QED) is 0.684. The molecule has 28 heavy (non-hydrogen) atoms. The third-order valence-corrected chi connectivity index (χ3v) is 5.81. The van der Waals surface area contributed by atoms with Crippen molar-refractivity contribution >= 4 is 22.5 Å². The number of fused-ring (bicyclic) bond motifs is 2. The highest BCUT2D eigenvalue weighted by molar-refractivity contribution is 5.95. The maximum atomic E-state index is 12.7. The highest BCUT2D eigenvalue weighted by Crippen LogP contribution is 2.24. The molecule has 1 amide bonds. The van der Waals surface area contributed by atoms with Gasteiger partial charge in [-0.05, 0) is 44.3 Å². The Balaban J connectivity index is 1.42. The molecule has 1 aliphatic heterocycles. The summed E-state index contributed by atoms with van der Waals surface area (Å²) in [7, 11) is 0. The molecule has 0 bridgehead atoms. The van der Waals surface area contributed by atoms with E-state index in [4.69, 9.17) is 0 Å². The molecule has 7 heteroatoms. The summed E-state index contributed by atoms with van der Waals surface area (Å²) in [5, 5.41) is 12.4. The van der Waals surface area contributed by atoms with E-state index in [9.17, 15) is 4.79 Å². The second-order valence-electron chi connectivity index (χ2n) is 7.47. The van der Waals surface area contributed by atoms with Crippen molar-refractivity contribution in [2.24, 2.45) is 5.92 Å². The third-order valence-electron chi connectivity index (χ3n) is 5.81. The van der Waals surface area contributed by atoms with Gasteiger partial charge in [-0.15, -0.1) is 10.2 Å². The number of hydrogen-bond acceptors (Lipinski definition) is 4. The van der Waals surface area contributed by atoms with E-state index in [1.54, 1.807) is 0 Å². The zero-order valence-electron chi connectivity index (χ0n) is 16.9. The Bertz CT molecular complexity index is 984. The fourth-order valence-electron chi connectivity index (χ4n) is 4.00. The van der Waals surface area contributed by atoms with Crippen molar-refractivity contribution in [1.29, 1.82) is 0 Å². The average Bonchev–Trinajstić information content (AvgIpc) is 3.39. The fraction of sp³-hybridized carbons (Fsp3) is 0.476. The van der Waals surface area contributed by atoms with Crippen molar-refractivity contribution in [1.82, 2.24) is 24.2 Å². The van der Waals surface area contributed by atoms with Crippen molar-refractivity contribution in [2.75, 3.05) is 25.0 Å². The van der Waals surface area contributed by atoms with Crippen LogP contribution in [0.25, 0.3) is 10.9 Å². The van der Waals surface area contributed by atoms with Crippen molar-refractivity contribution in [2.45, 2.75) is 40.3 Å². The number of aryl methyl sites for hydroxylation is 1. The number of nitrogens with one attached hydrogen (secondary N) is 1. The summed E-state index contributed by atoms with van der Waals surface area (Å²) in [6.45, 7) is 11.1. The Labute approximate surface area is 165 Å². The minimum atomic E-state index is -0.0847. The number of amides is 1. The van der Waals surface area contributed by atoms with Crippen molar-refractivity contribution in [3.8, 4) is 0 Å². The number of nitrogens with zero attached hydrogens (tertiary/aromatic N) is 5. The molecule has 0 saturated carbocycles.